The van der Waals surface area contributed by atoms with Crippen LogP contribution < -0.4 is 0 Å². The predicted octanol–water partition coefficient (Wildman–Crippen LogP) is 1.09. The lowest BCUT2D eigenvalue weighted by Crippen LogP contribution is -2.36. The zero-order valence-corrected chi connectivity index (χ0v) is 13.3. The molecule has 1 aliphatic rings. The van der Waals surface area contributed by atoms with Gasteiger partial charge in [0.1, 0.15) is 0 Å². The fourth-order valence-electron chi connectivity index (χ4n) is 2.74. The molecule has 2 heterocycles. The van der Waals surface area contributed by atoms with E-state index in [1.165, 1.54) is 16.4 Å². The van der Waals surface area contributed by atoms with E-state index in [9.17, 15) is 9.90 Å². The molecule has 23 heavy (non-hydrogen) atoms. The Balaban J connectivity index is 1.73. The first-order valence-electron chi connectivity index (χ1n) is 7.45. The molecule has 1 aliphatic heterocycles. The number of nitrogens with zero attached hydrogens (tertiary/aromatic N) is 3. The normalized spacial score (nSPS) is 15.3. The van der Waals surface area contributed by atoms with Crippen LogP contribution in [0.15, 0.2) is 30.6 Å². The Morgan fingerprint density at radius 1 is 1.43 bits per heavy atom. The number of halogens is 1. The molecule has 3 rings (SSSR count). The molecular formula is C16H18ClN3O3. The van der Waals surface area contributed by atoms with E-state index in [0.29, 0.717) is 23.7 Å². The minimum absolute atomic E-state index is 0.111. The highest BCUT2D eigenvalue weighted by atomic mass is 35.5. The van der Waals surface area contributed by atoms with Crippen molar-refractivity contribution >= 4 is 17.5 Å². The number of aromatic nitrogens is 2. The first-order chi connectivity index (χ1) is 11.1. The second-order valence-electron chi connectivity index (χ2n) is 5.64. The number of amides is 1. The first-order valence-corrected chi connectivity index (χ1v) is 7.83. The fraction of sp³-hybridized carbons (Fsp3) is 0.375. The van der Waals surface area contributed by atoms with Crippen molar-refractivity contribution in [3.8, 4) is 0 Å². The average molecular weight is 336 g/mol. The van der Waals surface area contributed by atoms with Crippen molar-refractivity contribution in [2.45, 2.75) is 25.6 Å². The van der Waals surface area contributed by atoms with Gasteiger partial charge in [-0.3, -0.25) is 9.48 Å². The quantitative estimate of drug-likeness (QED) is 0.876. The summed E-state index contributed by atoms with van der Waals surface area (Å²) in [6.45, 7) is 0.928. The summed E-state index contributed by atoms with van der Waals surface area (Å²) in [5.41, 5.74) is 2.64. The zero-order chi connectivity index (χ0) is 16.4. The van der Waals surface area contributed by atoms with Gasteiger partial charge in [-0.15, -0.1) is 0 Å². The highest BCUT2D eigenvalue weighted by Gasteiger charge is 2.24. The Labute approximate surface area is 138 Å². The Hall–Kier alpha value is -1.89. The number of benzene rings is 1. The minimum Gasteiger partial charge on any atom is -0.394 e. The van der Waals surface area contributed by atoms with Crippen LogP contribution in [0.25, 0.3) is 0 Å². The SMILES string of the molecule is O=C(c1cnn(CC(O)CO)c1)N1CCc2cccc(Cl)c2C1. The van der Waals surface area contributed by atoms with Crippen LogP contribution in [-0.2, 0) is 19.5 Å². The molecule has 122 valence electrons. The lowest BCUT2D eigenvalue weighted by Gasteiger charge is -2.29. The third-order valence-corrected chi connectivity index (χ3v) is 4.35. The van der Waals surface area contributed by atoms with E-state index >= 15 is 0 Å². The van der Waals surface area contributed by atoms with Crippen molar-refractivity contribution in [1.82, 2.24) is 14.7 Å². The summed E-state index contributed by atoms with van der Waals surface area (Å²) in [7, 11) is 0. The van der Waals surface area contributed by atoms with Gasteiger partial charge in [0.15, 0.2) is 0 Å². The van der Waals surface area contributed by atoms with Crippen LogP contribution in [0.3, 0.4) is 0 Å². The molecule has 0 fully saturated rings. The first kappa shape index (κ1) is 16.0. The molecule has 6 nitrogen and oxygen atoms in total. The van der Waals surface area contributed by atoms with Crippen molar-refractivity contribution in [3.63, 3.8) is 0 Å². The van der Waals surface area contributed by atoms with E-state index < -0.39 is 6.10 Å². The summed E-state index contributed by atoms with van der Waals surface area (Å²) in [4.78, 5) is 14.4. The molecule has 1 aromatic heterocycles. The van der Waals surface area contributed by atoms with Gasteiger partial charge in [0, 0.05) is 24.3 Å². The molecule has 2 N–H and O–H groups in total. The third kappa shape index (κ3) is 3.39. The van der Waals surface area contributed by atoms with Gasteiger partial charge in [0.05, 0.1) is 31.0 Å². The maximum absolute atomic E-state index is 12.6. The second kappa shape index (κ2) is 6.70. The maximum atomic E-state index is 12.6. The Morgan fingerprint density at radius 2 is 2.26 bits per heavy atom. The van der Waals surface area contributed by atoms with Crippen molar-refractivity contribution in [1.29, 1.82) is 0 Å². The van der Waals surface area contributed by atoms with Gasteiger partial charge < -0.3 is 15.1 Å². The molecule has 0 bridgehead atoms. The van der Waals surface area contributed by atoms with Crippen molar-refractivity contribution in [2.24, 2.45) is 0 Å². The summed E-state index contributed by atoms with van der Waals surface area (Å²) in [6, 6.07) is 5.80. The van der Waals surface area contributed by atoms with Crippen LogP contribution in [0.1, 0.15) is 21.5 Å². The molecule has 2 aromatic rings. The largest absolute Gasteiger partial charge is 0.394 e. The van der Waals surface area contributed by atoms with Crippen molar-refractivity contribution in [2.75, 3.05) is 13.2 Å². The molecule has 1 atom stereocenters. The highest BCUT2D eigenvalue weighted by Crippen LogP contribution is 2.26. The summed E-state index contributed by atoms with van der Waals surface area (Å²) in [6.07, 6.45) is 2.95. The van der Waals surface area contributed by atoms with E-state index in [2.05, 4.69) is 5.10 Å². The molecule has 7 heteroatoms. The molecule has 0 aliphatic carbocycles. The van der Waals surface area contributed by atoms with Crippen LogP contribution in [0.2, 0.25) is 5.02 Å². The zero-order valence-electron chi connectivity index (χ0n) is 12.5. The van der Waals surface area contributed by atoms with Gasteiger partial charge in [0.25, 0.3) is 5.91 Å². The summed E-state index contributed by atoms with van der Waals surface area (Å²) in [5, 5.41) is 23.0. The lowest BCUT2D eigenvalue weighted by molar-refractivity contribution is 0.0731. The van der Waals surface area contributed by atoms with Gasteiger partial charge in [0.2, 0.25) is 0 Å². The van der Waals surface area contributed by atoms with E-state index in [4.69, 9.17) is 16.7 Å². The number of aliphatic hydroxyl groups is 2. The standard InChI is InChI=1S/C16H18ClN3O3/c17-15-3-1-2-11-4-5-19(9-14(11)15)16(23)12-6-18-20(7-12)8-13(22)10-21/h1-3,6-7,13,21-22H,4-5,8-10H2. The van der Waals surface area contributed by atoms with E-state index in [0.717, 1.165) is 12.0 Å². The monoisotopic (exact) mass is 335 g/mol. The minimum atomic E-state index is -0.890. The molecule has 1 aromatic carbocycles. The van der Waals surface area contributed by atoms with Crippen LogP contribution in [0.4, 0.5) is 0 Å². The Morgan fingerprint density at radius 3 is 3.04 bits per heavy atom. The van der Waals surface area contributed by atoms with Crippen LogP contribution in [-0.4, -0.2) is 50.1 Å². The number of hydrogen-bond acceptors (Lipinski definition) is 4. The number of aliphatic hydroxyl groups excluding tert-OH is 2. The summed E-state index contributed by atoms with van der Waals surface area (Å²) < 4.78 is 1.46. The van der Waals surface area contributed by atoms with Crippen molar-refractivity contribution < 1.29 is 15.0 Å². The number of fused-ring (bicyclic) bond motifs is 1. The second-order valence-corrected chi connectivity index (χ2v) is 6.05. The molecule has 0 saturated carbocycles. The maximum Gasteiger partial charge on any atom is 0.257 e. The number of carbonyl (C=O) groups excluding carboxylic acids is 1. The van der Waals surface area contributed by atoms with Crippen LogP contribution in [0, 0.1) is 0 Å². The molecule has 0 spiro atoms. The molecular weight excluding hydrogens is 318 g/mol. The van der Waals surface area contributed by atoms with E-state index in [-0.39, 0.29) is 19.1 Å². The lowest BCUT2D eigenvalue weighted by atomic mass is 9.99. The number of hydrogen-bond donors (Lipinski definition) is 2. The Bertz CT molecular complexity index is 716. The number of carbonyl (C=O) groups is 1. The van der Waals surface area contributed by atoms with Crippen LogP contribution >= 0.6 is 11.6 Å². The van der Waals surface area contributed by atoms with Crippen molar-refractivity contribution in [3.05, 3.63) is 52.3 Å². The van der Waals surface area contributed by atoms with Gasteiger partial charge in [-0.05, 0) is 23.6 Å². The molecule has 0 radical (unpaired) electrons. The molecule has 1 amide bonds. The smallest absolute Gasteiger partial charge is 0.257 e. The molecule has 1 unspecified atom stereocenters. The van der Waals surface area contributed by atoms with Gasteiger partial charge in [-0.2, -0.15) is 5.10 Å². The summed E-state index contributed by atoms with van der Waals surface area (Å²) in [5.74, 6) is -0.111. The topological polar surface area (TPSA) is 78.6 Å². The van der Waals surface area contributed by atoms with E-state index in [1.54, 1.807) is 11.1 Å². The summed E-state index contributed by atoms with van der Waals surface area (Å²) >= 11 is 6.23. The number of rotatable bonds is 4. The molecule has 0 saturated heterocycles. The average Bonchev–Trinajstić information content (AvgIpc) is 3.02. The van der Waals surface area contributed by atoms with Gasteiger partial charge in [-0.1, -0.05) is 23.7 Å². The van der Waals surface area contributed by atoms with Gasteiger partial charge in [-0.25, -0.2) is 0 Å². The van der Waals surface area contributed by atoms with E-state index in [1.807, 2.05) is 18.2 Å². The Kier molecular flexibility index (Phi) is 4.66. The third-order valence-electron chi connectivity index (χ3n) is 3.99. The highest BCUT2D eigenvalue weighted by molar-refractivity contribution is 6.31. The van der Waals surface area contributed by atoms with Gasteiger partial charge >= 0.3 is 0 Å². The van der Waals surface area contributed by atoms with Crippen LogP contribution in [0.5, 0.6) is 0 Å². The predicted molar refractivity (Wildman–Crippen MR) is 85.2 cm³/mol. The fourth-order valence-corrected chi connectivity index (χ4v) is 3.00.